The zero-order valence-corrected chi connectivity index (χ0v) is 16.0. The summed E-state index contributed by atoms with van der Waals surface area (Å²) in [6.07, 6.45) is 1.12. The lowest BCUT2D eigenvalue weighted by molar-refractivity contribution is -0.0494. The van der Waals surface area contributed by atoms with Crippen molar-refractivity contribution in [3.63, 3.8) is 0 Å². The van der Waals surface area contributed by atoms with Crippen LogP contribution in [0.4, 0.5) is 19.5 Å². The highest BCUT2D eigenvalue weighted by atomic mass is 19.3. The van der Waals surface area contributed by atoms with E-state index >= 15 is 0 Å². The Balaban J connectivity index is 1.53. The largest absolute Gasteiger partial charge is 0.465 e. The molecule has 0 bridgehead atoms. The van der Waals surface area contributed by atoms with E-state index in [9.17, 15) is 18.4 Å². The maximum absolute atomic E-state index is 13.3. The molecule has 2 amide bonds. The highest BCUT2D eigenvalue weighted by Crippen LogP contribution is 2.29. The second-order valence-corrected chi connectivity index (χ2v) is 7.12. The molecule has 156 valence electrons. The quantitative estimate of drug-likeness (QED) is 0.696. The van der Waals surface area contributed by atoms with Crippen LogP contribution in [-0.4, -0.2) is 58.0 Å². The number of anilines is 1. The van der Waals surface area contributed by atoms with Crippen LogP contribution < -0.4 is 4.90 Å². The smallest absolute Gasteiger partial charge is 0.413 e. The van der Waals surface area contributed by atoms with Gasteiger partial charge < -0.3 is 14.4 Å². The maximum atomic E-state index is 13.3. The fourth-order valence-corrected chi connectivity index (χ4v) is 3.23. The Bertz CT molecular complexity index is 1100. The van der Waals surface area contributed by atoms with E-state index < -0.39 is 12.0 Å². The molecule has 0 atom stereocenters. The summed E-state index contributed by atoms with van der Waals surface area (Å²) in [6, 6.07) is 6.56. The van der Waals surface area contributed by atoms with Crippen LogP contribution in [0.5, 0.6) is 0 Å². The second kappa shape index (κ2) is 7.36. The molecular weight excluding hydrogens is 398 g/mol. The number of aromatic nitrogens is 2. The predicted octanol–water partition coefficient (Wildman–Crippen LogP) is 3.88. The Hall–Kier alpha value is -3.56. The minimum Gasteiger partial charge on any atom is -0.465 e. The van der Waals surface area contributed by atoms with Crippen molar-refractivity contribution in [1.82, 2.24) is 14.9 Å². The van der Waals surface area contributed by atoms with Crippen molar-refractivity contribution in [2.45, 2.75) is 18.8 Å². The molecule has 0 unspecified atom stereocenters. The van der Waals surface area contributed by atoms with Crippen molar-refractivity contribution in [2.24, 2.45) is 0 Å². The minimum atomic E-state index is -2.71. The summed E-state index contributed by atoms with van der Waals surface area (Å²) in [5.74, 6) is -2.89. The van der Waals surface area contributed by atoms with Gasteiger partial charge in [0.15, 0.2) is 0 Å². The molecule has 1 aliphatic heterocycles. The summed E-state index contributed by atoms with van der Waals surface area (Å²) in [5.41, 5.74) is 1.83. The lowest BCUT2D eigenvalue weighted by Gasteiger charge is -2.31. The van der Waals surface area contributed by atoms with E-state index in [0.29, 0.717) is 22.2 Å². The maximum Gasteiger partial charge on any atom is 0.413 e. The number of amides is 2. The summed E-state index contributed by atoms with van der Waals surface area (Å²) in [6.45, 7) is 0.0313. The number of fused-ring (bicyclic) bond motifs is 1. The highest BCUT2D eigenvalue weighted by molar-refractivity contribution is 5.94. The van der Waals surface area contributed by atoms with Gasteiger partial charge in [-0.3, -0.25) is 14.7 Å². The van der Waals surface area contributed by atoms with E-state index in [0.717, 1.165) is 4.90 Å². The molecule has 30 heavy (non-hydrogen) atoms. The first kappa shape index (κ1) is 19.7. The number of hydrogen-bond acceptors (Lipinski definition) is 5. The van der Waals surface area contributed by atoms with Crippen LogP contribution in [0, 0.1) is 0 Å². The van der Waals surface area contributed by atoms with E-state index in [1.165, 1.54) is 24.3 Å². The summed E-state index contributed by atoms with van der Waals surface area (Å²) < 4.78 is 32.0. The number of carboxylic acid groups (broad SMARTS) is 1. The van der Waals surface area contributed by atoms with E-state index in [1.54, 1.807) is 24.3 Å². The van der Waals surface area contributed by atoms with Gasteiger partial charge in [0.25, 0.3) is 11.8 Å². The first-order valence-corrected chi connectivity index (χ1v) is 9.23. The van der Waals surface area contributed by atoms with Gasteiger partial charge in [0.1, 0.15) is 0 Å². The number of hydrogen-bond donors (Lipinski definition) is 1. The Labute approximate surface area is 169 Å². The summed E-state index contributed by atoms with van der Waals surface area (Å²) >= 11 is 0. The van der Waals surface area contributed by atoms with Crippen molar-refractivity contribution in [3.8, 4) is 11.3 Å². The lowest BCUT2D eigenvalue weighted by Crippen LogP contribution is -2.42. The molecule has 0 saturated carbocycles. The van der Waals surface area contributed by atoms with Gasteiger partial charge in [-0.05, 0) is 18.2 Å². The van der Waals surface area contributed by atoms with Crippen molar-refractivity contribution in [1.29, 1.82) is 0 Å². The molecule has 0 aliphatic carbocycles. The van der Waals surface area contributed by atoms with Crippen LogP contribution >= 0.6 is 0 Å². The molecule has 1 fully saturated rings. The van der Waals surface area contributed by atoms with Gasteiger partial charge in [-0.25, -0.2) is 18.6 Å². The standard InChI is InChI=1S/C20H18F2N4O4/c1-25(19(28)29)16-9-13-8-14(11-24-17(13)30-16)15-3-2-12(10-23-15)18(27)26-6-4-20(21,22)5-7-26/h2-3,8-11H,4-7H2,1H3,(H,28,29). The average molecular weight is 416 g/mol. The molecule has 1 aliphatic rings. The number of rotatable bonds is 3. The molecular formula is C20H18F2N4O4. The van der Waals surface area contributed by atoms with E-state index in [4.69, 9.17) is 9.52 Å². The average Bonchev–Trinajstić information content (AvgIpc) is 3.16. The van der Waals surface area contributed by atoms with E-state index in [2.05, 4.69) is 9.97 Å². The van der Waals surface area contributed by atoms with Crippen molar-refractivity contribution < 1.29 is 27.9 Å². The highest BCUT2D eigenvalue weighted by Gasteiger charge is 2.35. The molecule has 3 aromatic heterocycles. The van der Waals surface area contributed by atoms with Crippen LogP contribution in [0.3, 0.4) is 0 Å². The molecule has 0 radical (unpaired) electrons. The van der Waals surface area contributed by atoms with Gasteiger partial charge in [0, 0.05) is 62.4 Å². The third-order valence-electron chi connectivity index (χ3n) is 5.06. The number of carbonyl (C=O) groups is 2. The third kappa shape index (κ3) is 3.80. The number of furan rings is 1. The topological polar surface area (TPSA) is 99.8 Å². The van der Waals surface area contributed by atoms with Gasteiger partial charge in [0.05, 0.1) is 11.3 Å². The fraction of sp³-hybridized carbons (Fsp3) is 0.300. The minimum absolute atomic E-state index is 0.0157. The molecule has 0 spiro atoms. The fourth-order valence-electron chi connectivity index (χ4n) is 3.23. The van der Waals surface area contributed by atoms with Crippen LogP contribution in [0.15, 0.2) is 41.1 Å². The Kier molecular flexibility index (Phi) is 4.84. The van der Waals surface area contributed by atoms with Gasteiger partial charge in [-0.1, -0.05) is 0 Å². The predicted molar refractivity (Wildman–Crippen MR) is 104 cm³/mol. The zero-order chi connectivity index (χ0) is 21.5. The zero-order valence-electron chi connectivity index (χ0n) is 16.0. The second-order valence-electron chi connectivity index (χ2n) is 7.12. The number of halogens is 2. The Morgan fingerprint density at radius 1 is 1.17 bits per heavy atom. The number of likely N-dealkylation sites (tertiary alicyclic amines) is 1. The molecule has 1 saturated heterocycles. The van der Waals surface area contributed by atoms with Gasteiger partial charge >= 0.3 is 6.09 Å². The first-order chi connectivity index (χ1) is 14.2. The molecule has 4 rings (SSSR count). The summed E-state index contributed by atoms with van der Waals surface area (Å²) in [7, 11) is 1.36. The molecule has 0 aromatic carbocycles. The number of nitrogens with zero attached hydrogens (tertiary/aromatic N) is 4. The number of alkyl halides is 2. The SMILES string of the molecule is CN(C(=O)O)c1cc2cc(-c3ccc(C(=O)N4CCC(F)(F)CC4)cn3)cnc2o1. The monoisotopic (exact) mass is 416 g/mol. The molecule has 1 N–H and O–H groups in total. The Morgan fingerprint density at radius 2 is 1.90 bits per heavy atom. The van der Waals surface area contributed by atoms with Crippen molar-refractivity contribution in [3.05, 3.63) is 42.2 Å². The first-order valence-electron chi connectivity index (χ1n) is 9.23. The number of pyridine rings is 2. The molecule has 3 aromatic rings. The van der Waals surface area contributed by atoms with Crippen LogP contribution in [0.1, 0.15) is 23.2 Å². The lowest BCUT2D eigenvalue weighted by atomic mass is 10.1. The van der Waals surface area contributed by atoms with Gasteiger partial charge in [-0.15, -0.1) is 0 Å². The normalized spacial score (nSPS) is 15.9. The Morgan fingerprint density at radius 3 is 2.53 bits per heavy atom. The summed E-state index contributed by atoms with van der Waals surface area (Å²) in [4.78, 5) is 34.4. The van der Waals surface area contributed by atoms with Crippen LogP contribution in [0.25, 0.3) is 22.4 Å². The van der Waals surface area contributed by atoms with Gasteiger partial charge in [-0.2, -0.15) is 0 Å². The van der Waals surface area contributed by atoms with E-state index in [-0.39, 0.29) is 43.4 Å². The molecule has 4 heterocycles. The molecule has 10 heteroatoms. The molecule has 8 nitrogen and oxygen atoms in total. The van der Waals surface area contributed by atoms with Crippen LogP contribution in [-0.2, 0) is 0 Å². The number of carbonyl (C=O) groups excluding carboxylic acids is 1. The van der Waals surface area contributed by atoms with Crippen molar-refractivity contribution in [2.75, 3.05) is 25.0 Å². The summed E-state index contributed by atoms with van der Waals surface area (Å²) in [5, 5.41) is 9.65. The number of piperidine rings is 1. The van der Waals surface area contributed by atoms with E-state index in [1.807, 2.05) is 0 Å². The third-order valence-corrected chi connectivity index (χ3v) is 5.06. The van der Waals surface area contributed by atoms with Gasteiger partial charge in [0.2, 0.25) is 11.6 Å². The van der Waals surface area contributed by atoms with Crippen LogP contribution in [0.2, 0.25) is 0 Å². The van der Waals surface area contributed by atoms with Crippen molar-refractivity contribution >= 4 is 29.0 Å².